The summed E-state index contributed by atoms with van der Waals surface area (Å²) in [6.45, 7) is 4.73. The predicted molar refractivity (Wildman–Crippen MR) is 65.3 cm³/mol. The summed E-state index contributed by atoms with van der Waals surface area (Å²) in [5.41, 5.74) is 6.41. The third-order valence-electron chi connectivity index (χ3n) is 3.19. The second-order valence-electron chi connectivity index (χ2n) is 4.19. The van der Waals surface area contributed by atoms with Gasteiger partial charge in [-0.25, -0.2) is 0 Å². The van der Waals surface area contributed by atoms with Crippen LogP contribution in [0.3, 0.4) is 0 Å². The fraction of sp³-hybridized carbons (Fsp3) is 0.154. The van der Waals surface area contributed by atoms with E-state index in [1.54, 1.807) is 0 Å². The summed E-state index contributed by atoms with van der Waals surface area (Å²) in [5, 5.41) is 0. The zero-order valence-corrected chi connectivity index (χ0v) is 8.99. The SMILES string of the molecule is CB1c2ccccc2-c2ccc(C)nc21. The lowest BCUT2D eigenvalue weighted by Gasteiger charge is -2.02. The Labute approximate surface area is 90.3 Å². The van der Waals surface area contributed by atoms with Gasteiger partial charge in [-0.05, 0) is 24.1 Å². The van der Waals surface area contributed by atoms with Crippen molar-refractivity contribution in [3.8, 4) is 11.1 Å². The molecule has 0 aliphatic carbocycles. The average molecular weight is 193 g/mol. The zero-order chi connectivity index (χ0) is 10.4. The molecular weight excluding hydrogens is 181 g/mol. The van der Waals surface area contributed by atoms with Gasteiger partial charge in [0.15, 0.2) is 0 Å². The summed E-state index contributed by atoms with van der Waals surface area (Å²) >= 11 is 0. The van der Waals surface area contributed by atoms with Crippen molar-refractivity contribution in [2.24, 2.45) is 0 Å². The van der Waals surface area contributed by atoms with Crippen molar-refractivity contribution >= 4 is 17.8 Å². The van der Waals surface area contributed by atoms with E-state index in [1.807, 2.05) is 0 Å². The summed E-state index contributed by atoms with van der Waals surface area (Å²) in [7, 11) is 0. The van der Waals surface area contributed by atoms with Crippen LogP contribution < -0.4 is 11.1 Å². The van der Waals surface area contributed by atoms with Gasteiger partial charge in [0, 0.05) is 11.3 Å². The van der Waals surface area contributed by atoms with Crippen LogP contribution in [0.1, 0.15) is 5.69 Å². The molecule has 0 bridgehead atoms. The van der Waals surface area contributed by atoms with E-state index in [2.05, 4.69) is 55.1 Å². The summed E-state index contributed by atoms with van der Waals surface area (Å²) in [6.07, 6.45) is 0. The Bertz CT molecular complexity index is 534. The quantitative estimate of drug-likeness (QED) is 0.579. The molecule has 0 saturated carbocycles. The molecule has 1 aromatic heterocycles. The molecule has 1 nitrogen and oxygen atoms in total. The molecule has 0 spiro atoms. The van der Waals surface area contributed by atoms with Crippen LogP contribution >= 0.6 is 0 Å². The van der Waals surface area contributed by atoms with Gasteiger partial charge in [-0.3, -0.25) is 4.98 Å². The van der Waals surface area contributed by atoms with Crippen LogP contribution in [0, 0.1) is 6.92 Å². The molecule has 0 N–H and O–H groups in total. The highest BCUT2D eigenvalue weighted by atomic mass is 14.7. The highest BCUT2D eigenvalue weighted by Crippen LogP contribution is 2.21. The Morgan fingerprint density at radius 2 is 1.80 bits per heavy atom. The zero-order valence-electron chi connectivity index (χ0n) is 8.99. The van der Waals surface area contributed by atoms with Gasteiger partial charge in [0.25, 0.3) is 0 Å². The predicted octanol–water partition coefficient (Wildman–Crippen LogP) is 1.61. The number of hydrogen-bond acceptors (Lipinski definition) is 1. The van der Waals surface area contributed by atoms with Gasteiger partial charge in [-0.15, -0.1) is 0 Å². The molecule has 3 rings (SSSR count). The first-order valence-electron chi connectivity index (χ1n) is 5.34. The lowest BCUT2D eigenvalue weighted by atomic mass is 9.47. The van der Waals surface area contributed by atoms with Crippen LogP contribution in [0.5, 0.6) is 0 Å². The Kier molecular flexibility index (Phi) is 1.72. The summed E-state index contributed by atoms with van der Waals surface area (Å²) in [4.78, 5) is 4.65. The summed E-state index contributed by atoms with van der Waals surface area (Å²) < 4.78 is 0. The van der Waals surface area contributed by atoms with Crippen molar-refractivity contribution in [1.29, 1.82) is 0 Å². The number of fused-ring (bicyclic) bond motifs is 3. The number of benzene rings is 1. The number of pyridine rings is 1. The van der Waals surface area contributed by atoms with E-state index in [4.69, 9.17) is 0 Å². The van der Waals surface area contributed by atoms with E-state index >= 15 is 0 Å². The number of nitrogens with zero attached hydrogens (tertiary/aromatic N) is 1. The lowest BCUT2D eigenvalue weighted by Crippen LogP contribution is -2.36. The normalized spacial score (nSPS) is 12.5. The minimum absolute atomic E-state index is 0.441. The Morgan fingerprint density at radius 3 is 2.67 bits per heavy atom. The van der Waals surface area contributed by atoms with E-state index in [0.29, 0.717) is 6.71 Å². The van der Waals surface area contributed by atoms with Crippen LogP contribution in [0.2, 0.25) is 6.82 Å². The maximum Gasteiger partial charge on any atom is 0.231 e. The van der Waals surface area contributed by atoms with Gasteiger partial charge < -0.3 is 0 Å². The van der Waals surface area contributed by atoms with Crippen molar-refractivity contribution in [3.05, 3.63) is 42.1 Å². The minimum Gasteiger partial charge on any atom is -0.267 e. The Hall–Kier alpha value is -1.57. The highest BCUT2D eigenvalue weighted by Gasteiger charge is 2.28. The van der Waals surface area contributed by atoms with Gasteiger partial charge in [0.05, 0.1) is 0 Å². The van der Waals surface area contributed by atoms with Gasteiger partial charge in [0.2, 0.25) is 6.71 Å². The second kappa shape index (κ2) is 2.96. The van der Waals surface area contributed by atoms with Gasteiger partial charge in [-0.2, -0.15) is 0 Å². The monoisotopic (exact) mass is 193 g/mol. The molecule has 72 valence electrons. The molecule has 15 heavy (non-hydrogen) atoms. The molecule has 0 amide bonds. The molecule has 2 aromatic rings. The maximum atomic E-state index is 4.65. The fourth-order valence-electron chi connectivity index (χ4n) is 2.40. The maximum absolute atomic E-state index is 4.65. The topological polar surface area (TPSA) is 12.9 Å². The lowest BCUT2D eigenvalue weighted by molar-refractivity contribution is 1.24. The van der Waals surface area contributed by atoms with Crippen LogP contribution in [-0.2, 0) is 0 Å². The molecule has 0 unspecified atom stereocenters. The highest BCUT2D eigenvalue weighted by molar-refractivity contribution is 6.87. The van der Waals surface area contributed by atoms with E-state index in [9.17, 15) is 0 Å². The third-order valence-corrected chi connectivity index (χ3v) is 3.19. The van der Waals surface area contributed by atoms with E-state index in [-0.39, 0.29) is 0 Å². The smallest absolute Gasteiger partial charge is 0.231 e. The first-order chi connectivity index (χ1) is 7.27. The third kappa shape index (κ3) is 1.14. The largest absolute Gasteiger partial charge is 0.267 e. The van der Waals surface area contributed by atoms with Crippen molar-refractivity contribution < 1.29 is 0 Å². The van der Waals surface area contributed by atoms with E-state index in [0.717, 1.165) is 5.69 Å². The molecule has 2 heteroatoms. The number of rotatable bonds is 0. The van der Waals surface area contributed by atoms with Crippen LogP contribution in [0.15, 0.2) is 36.4 Å². The van der Waals surface area contributed by atoms with Gasteiger partial charge >= 0.3 is 0 Å². The molecule has 2 heterocycles. The standard InChI is InChI=1S/C13H12BN/c1-9-7-8-11-10-5-3-4-6-12(10)14(2)13(11)15-9/h3-8H,1-2H3. The Morgan fingerprint density at radius 1 is 1.00 bits per heavy atom. The van der Waals surface area contributed by atoms with Crippen molar-refractivity contribution in [1.82, 2.24) is 4.98 Å². The first-order valence-corrected chi connectivity index (χ1v) is 5.34. The van der Waals surface area contributed by atoms with Crippen LogP contribution in [-0.4, -0.2) is 11.7 Å². The molecule has 0 fully saturated rings. The molecule has 1 aliphatic heterocycles. The van der Waals surface area contributed by atoms with Gasteiger partial charge in [-0.1, -0.05) is 42.6 Å². The molecule has 0 atom stereocenters. The number of aromatic nitrogens is 1. The number of hydrogen-bond donors (Lipinski definition) is 0. The molecule has 1 aromatic carbocycles. The van der Waals surface area contributed by atoms with Crippen LogP contribution in [0.25, 0.3) is 11.1 Å². The fourth-order valence-corrected chi connectivity index (χ4v) is 2.40. The van der Waals surface area contributed by atoms with E-state index < -0.39 is 0 Å². The Balaban J connectivity index is 2.32. The summed E-state index contributed by atoms with van der Waals surface area (Å²) in [6, 6.07) is 12.9. The molecule has 0 saturated heterocycles. The van der Waals surface area contributed by atoms with Gasteiger partial charge in [0.1, 0.15) is 0 Å². The van der Waals surface area contributed by atoms with Crippen LogP contribution in [0.4, 0.5) is 0 Å². The van der Waals surface area contributed by atoms with Crippen molar-refractivity contribution in [2.45, 2.75) is 13.7 Å². The van der Waals surface area contributed by atoms with E-state index in [1.165, 1.54) is 22.2 Å². The number of aryl methyl sites for hydroxylation is 1. The second-order valence-corrected chi connectivity index (χ2v) is 4.19. The van der Waals surface area contributed by atoms with Crippen molar-refractivity contribution in [2.75, 3.05) is 0 Å². The molecule has 1 aliphatic rings. The minimum atomic E-state index is 0.441. The molecule has 0 radical (unpaired) electrons. The molecular formula is C13H12BN. The summed E-state index contributed by atoms with van der Waals surface area (Å²) in [5.74, 6) is 0. The van der Waals surface area contributed by atoms with Crippen molar-refractivity contribution in [3.63, 3.8) is 0 Å². The average Bonchev–Trinajstić information content (AvgIpc) is 2.54. The first kappa shape index (κ1) is 8.72.